The predicted molar refractivity (Wildman–Crippen MR) is 96.1 cm³/mol. The molecule has 2 aromatic rings. The van der Waals surface area contributed by atoms with Crippen LogP contribution in [0.15, 0.2) is 47.4 Å². The molecule has 0 fully saturated rings. The van der Waals surface area contributed by atoms with Crippen molar-refractivity contribution in [2.75, 3.05) is 34.9 Å². The van der Waals surface area contributed by atoms with E-state index in [4.69, 9.17) is 14.2 Å². The van der Waals surface area contributed by atoms with Gasteiger partial charge in [-0.25, -0.2) is 12.7 Å². The van der Waals surface area contributed by atoms with Crippen LogP contribution in [0.1, 0.15) is 5.56 Å². The largest absolute Gasteiger partial charge is 0.497 e. The fraction of sp³-hybridized carbons (Fsp3) is 0.333. The predicted octanol–water partition coefficient (Wildman–Crippen LogP) is 2.58. The number of rotatable bonds is 8. The van der Waals surface area contributed by atoms with Gasteiger partial charge in [0, 0.05) is 19.7 Å². The second-order valence-electron chi connectivity index (χ2n) is 5.44. The Bertz CT molecular complexity index is 803. The lowest BCUT2D eigenvalue weighted by Gasteiger charge is -2.19. The van der Waals surface area contributed by atoms with Gasteiger partial charge in [0.2, 0.25) is 10.0 Å². The minimum atomic E-state index is -3.69. The lowest BCUT2D eigenvalue weighted by Crippen LogP contribution is -2.29. The van der Waals surface area contributed by atoms with Gasteiger partial charge < -0.3 is 14.2 Å². The van der Waals surface area contributed by atoms with Crippen LogP contribution in [0.2, 0.25) is 0 Å². The summed E-state index contributed by atoms with van der Waals surface area (Å²) < 4.78 is 42.5. The number of sulfonamides is 1. The van der Waals surface area contributed by atoms with Crippen LogP contribution >= 0.6 is 0 Å². The normalized spacial score (nSPS) is 11.4. The smallest absolute Gasteiger partial charge is 0.246 e. The highest BCUT2D eigenvalue weighted by atomic mass is 32.2. The Balaban J connectivity index is 2.17. The molecular weight excluding hydrogens is 342 g/mol. The third kappa shape index (κ3) is 4.43. The number of nitrogens with zero attached hydrogens (tertiary/aromatic N) is 1. The summed E-state index contributed by atoms with van der Waals surface area (Å²) in [4.78, 5) is 0.0894. The Hall–Kier alpha value is -2.25. The number of ether oxygens (including phenoxy) is 3. The van der Waals surface area contributed by atoms with E-state index in [9.17, 15) is 8.42 Å². The summed E-state index contributed by atoms with van der Waals surface area (Å²) in [5, 5.41) is 0. The summed E-state index contributed by atoms with van der Waals surface area (Å²) in [5.41, 5.74) is 1.03. The van der Waals surface area contributed by atoms with E-state index in [1.54, 1.807) is 26.3 Å². The van der Waals surface area contributed by atoms with Crippen LogP contribution in [-0.2, 0) is 16.4 Å². The monoisotopic (exact) mass is 365 g/mol. The van der Waals surface area contributed by atoms with Gasteiger partial charge in [-0.2, -0.15) is 0 Å². The molecule has 0 aliphatic rings. The fourth-order valence-electron chi connectivity index (χ4n) is 2.35. The van der Waals surface area contributed by atoms with Gasteiger partial charge in [-0.05, 0) is 36.2 Å². The van der Waals surface area contributed by atoms with Crippen molar-refractivity contribution in [3.8, 4) is 17.2 Å². The quantitative estimate of drug-likeness (QED) is 0.719. The van der Waals surface area contributed by atoms with E-state index < -0.39 is 10.0 Å². The van der Waals surface area contributed by atoms with Crippen LogP contribution in [0.4, 0.5) is 0 Å². The molecule has 0 radical (unpaired) electrons. The van der Waals surface area contributed by atoms with Crippen molar-refractivity contribution in [3.63, 3.8) is 0 Å². The molecule has 0 aliphatic heterocycles. The van der Waals surface area contributed by atoms with Crippen LogP contribution in [0.25, 0.3) is 0 Å². The molecule has 0 spiro atoms. The van der Waals surface area contributed by atoms with Crippen LogP contribution < -0.4 is 14.2 Å². The minimum absolute atomic E-state index is 0.0894. The van der Waals surface area contributed by atoms with Crippen molar-refractivity contribution >= 4 is 10.0 Å². The van der Waals surface area contributed by atoms with Gasteiger partial charge >= 0.3 is 0 Å². The molecule has 0 aromatic heterocycles. The highest BCUT2D eigenvalue weighted by Crippen LogP contribution is 2.30. The molecule has 0 saturated carbocycles. The zero-order valence-electron chi connectivity index (χ0n) is 14.9. The van der Waals surface area contributed by atoms with E-state index in [-0.39, 0.29) is 10.6 Å². The number of benzene rings is 2. The van der Waals surface area contributed by atoms with E-state index in [2.05, 4.69) is 0 Å². The Labute approximate surface area is 149 Å². The second kappa shape index (κ2) is 8.22. The van der Waals surface area contributed by atoms with Gasteiger partial charge in [-0.15, -0.1) is 0 Å². The molecule has 0 bridgehead atoms. The summed E-state index contributed by atoms with van der Waals surface area (Å²) in [5.74, 6) is 1.52. The number of hydrogen-bond donors (Lipinski definition) is 0. The summed E-state index contributed by atoms with van der Waals surface area (Å²) in [6.07, 6.45) is 0.589. The summed E-state index contributed by atoms with van der Waals surface area (Å²) >= 11 is 0. The van der Waals surface area contributed by atoms with Crippen molar-refractivity contribution in [2.24, 2.45) is 0 Å². The van der Waals surface area contributed by atoms with Crippen molar-refractivity contribution in [1.82, 2.24) is 4.31 Å². The standard InChI is InChI=1S/C18H23NO5S/c1-19(12-11-14-5-7-15(22-2)8-6-14)25(20,21)18-13-16(23-3)9-10-17(18)24-4/h5-10,13H,11-12H2,1-4H3. The van der Waals surface area contributed by atoms with Crippen LogP contribution in [0.5, 0.6) is 17.2 Å². The molecule has 0 aliphatic carbocycles. The minimum Gasteiger partial charge on any atom is -0.497 e. The van der Waals surface area contributed by atoms with Gasteiger partial charge in [0.1, 0.15) is 22.1 Å². The lowest BCUT2D eigenvalue weighted by atomic mass is 10.1. The zero-order valence-corrected chi connectivity index (χ0v) is 15.7. The maximum atomic E-state index is 12.9. The van der Waals surface area contributed by atoms with E-state index in [1.807, 2.05) is 24.3 Å². The highest BCUT2D eigenvalue weighted by Gasteiger charge is 2.25. The average molecular weight is 365 g/mol. The second-order valence-corrected chi connectivity index (χ2v) is 7.45. The van der Waals surface area contributed by atoms with Gasteiger partial charge in [-0.1, -0.05) is 12.1 Å². The van der Waals surface area contributed by atoms with E-state index in [0.29, 0.717) is 18.7 Å². The lowest BCUT2D eigenvalue weighted by molar-refractivity contribution is 0.388. The summed E-state index contributed by atoms with van der Waals surface area (Å²) in [7, 11) is 2.40. The number of methoxy groups -OCH3 is 3. The van der Waals surface area contributed by atoms with Crippen molar-refractivity contribution < 1.29 is 22.6 Å². The Morgan fingerprint density at radius 3 is 2.04 bits per heavy atom. The molecule has 0 unspecified atom stereocenters. The fourth-order valence-corrected chi connectivity index (χ4v) is 3.69. The molecule has 0 atom stereocenters. The first-order chi connectivity index (χ1) is 11.9. The molecule has 25 heavy (non-hydrogen) atoms. The molecule has 6 nitrogen and oxygen atoms in total. The average Bonchev–Trinajstić information content (AvgIpc) is 2.65. The highest BCUT2D eigenvalue weighted by molar-refractivity contribution is 7.89. The SMILES string of the molecule is COc1ccc(CCN(C)S(=O)(=O)c2cc(OC)ccc2OC)cc1. The van der Waals surface area contributed by atoms with Crippen molar-refractivity contribution in [2.45, 2.75) is 11.3 Å². The third-order valence-electron chi connectivity index (χ3n) is 3.93. The maximum Gasteiger partial charge on any atom is 0.246 e. The van der Waals surface area contributed by atoms with Gasteiger partial charge in [0.15, 0.2) is 0 Å². The molecule has 0 amide bonds. The molecular formula is C18H23NO5S. The van der Waals surface area contributed by atoms with Gasteiger partial charge in [0.05, 0.1) is 21.3 Å². The molecule has 136 valence electrons. The first-order valence-electron chi connectivity index (χ1n) is 7.73. The van der Waals surface area contributed by atoms with E-state index in [0.717, 1.165) is 11.3 Å². The summed E-state index contributed by atoms with van der Waals surface area (Å²) in [6, 6.07) is 12.3. The molecule has 2 rings (SSSR count). The van der Waals surface area contributed by atoms with Crippen molar-refractivity contribution in [3.05, 3.63) is 48.0 Å². The first-order valence-corrected chi connectivity index (χ1v) is 9.17. The van der Waals surface area contributed by atoms with Crippen molar-refractivity contribution in [1.29, 1.82) is 0 Å². The van der Waals surface area contributed by atoms with Gasteiger partial charge in [0.25, 0.3) is 0 Å². The number of hydrogen-bond acceptors (Lipinski definition) is 5. The molecule has 0 saturated heterocycles. The van der Waals surface area contributed by atoms with E-state index >= 15 is 0 Å². The zero-order chi connectivity index (χ0) is 18.4. The Morgan fingerprint density at radius 1 is 0.880 bits per heavy atom. The third-order valence-corrected chi connectivity index (χ3v) is 5.81. The Kier molecular flexibility index (Phi) is 6.27. The molecule has 0 N–H and O–H groups in total. The van der Waals surface area contributed by atoms with Crippen LogP contribution in [0, 0.1) is 0 Å². The van der Waals surface area contributed by atoms with Gasteiger partial charge in [-0.3, -0.25) is 0 Å². The van der Waals surface area contributed by atoms with Crippen LogP contribution in [0.3, 0.4) is 0 Å². The molecule has 0 heterocycles. The number of likely N-dealkylation sites (N-methyl/N-ethyl adjacent to an activating group) is 1. The molecule has 2 aromatic carbocycles. The Morgan fingerprint density at radius 2 is 1.48 bits per heavy atom. The van der Waals surface area contributed by atoms with E-state index in [1.165, 1.54) is 24.6 Å². The molecule has 7 heteroatoms. The first kappa shape index (κ1) is 19.1. The topological polar surface area (TPSA) is 65.1 Å². The summed E-state index contributed by atoms with van der Waals surface area (Å²) in [6.45, 7) is 0.342. The van der Waals surface area contributed by atoms with Crippen LogP contribution in [-0.4, -0.2) is 47.6 Å². The maximum absolute atomic E-state index is 12.9.